The highest BCUT2D eigenvalue weighted by atomic mass is 16.3. The lowest BCUT2D eigenvalue weighted by Crippen LogP contribution is -2.34. The van der Waals surface area contributed by atoms with E-state index in [0.29, 0.717) is 18.8 Å². The molecule has 3 rings (SSSR count). The Kier molecular flexibility index (Phi) is 4.62. The van der Waals surface area contributed by atoms with Crippen molar-refractivity contribution in [1.82, 2.24) is 14.5 Å². The van der Waals surface area contributed by atoms with Gasteiger partial charge in [0.25, 0.3) is 0 Å². The third kappa shape index (κ3) is 3.30. The molecule has 24 heavy (non-hydrogen) atoms. The van der Waals surface area contributed by atoms with Crippen molar-refractivity contribution in [2.75, 3.05) is 6.54 Å². The van der Waals surface area contributed by atoms with Gasteiger partial charge in [0.2, 0.25) is 5.91 Å². The van der Waals surface area contributed by atoms with Gasteiger partial charge in [-0.1, -0.05) is 12.1 Å². The molecule has 1 amide bonds. The topological polar surface area (TPSA) is 75.1 Å². The molecule has 3 aromatic rings. The molecule has 0 aliphatic heterocycles. The molecule has 0 radical (unpaired) electrons. The Morgan fingerprint density at radius 1 is 1.33 bits per heavy atom. The molecule has 2 aromatic heterocycles. The van der Waals surface area contributed by atoms with E-state index in [1.807, 2.05) is 41.8 Å². The number of aromatic nitrogens is 2. The summed E-state index contributed by atoms with van der Waals surface area (Å²) in [7, 11) is 0. The Morgan fingerprint density at radius 3 is 2.92 bits per heavy atom. The van der Waals surface area contributed by atoms with E-state index in [2.05, 4.69) is 11.1 Å². The number of rotatable bonds is 6. The van der Waals surface area contributed by atoms with Gasteiger partial charge in [0.1, 0.15) is 18.1 Å². The summed E-state index contributed by atoms with van der Waals surface area (Å²) in [6.45, 7) is 2.82. The molecule has 0 aliphatic rings. The van der Waals surface area contributed by atoms with Gasteiger partial charge in [-0.3, -0.25) is 4.79 Å². The number of carbonyl (C=O) groups is 1. The van der Waals surface area contributed by atoms with Gasteiger partial charge < -0.3 is 13.9 Å². The van der Waals surface area contributed by atoms with Crippen LogP contribution in [-0.2, 0) is 17.9 Å². The zero-order valence-electron chi connectivity index (χ0n) is 13.5. The van der Waals surface area contributed by atoms with E-state index in [1.165, 1.54) is 0 Å². The Balaban J connectivity index is 1.81. The summed E-state index contributed by atoms with van der Waals surface area (Å²) in [5, 5.41) is 8.84. The number of aryl methyl sites for hydroxylation is 1. The van der Waals surface area contributed by atoms with E-state index in [-0.39, 0.29) is 18.9 Å². The zero-order chi connectivity index (χ0) is 16.9. The van der Waals surface area contributed by atoms with Gasteiger partial charge in [-0.25, -0.2) is 4.98 Å². The second kappa shape index (κ2) is 7.01. The molecule has 0 aliphatic carbocycles. The average Bonchev–Trinajstić information content (AvgIpc) is 3.20. The van der Waals surface area contributed by atoms with Crippen LogP contribution in [0.3, 0.4) is 0 Å². The summed E-state index contributed by atoms with van der Waals surface area (Å²) in [5.41, 5.74) is 1.80. The van der Waals surface area contributed by atoms with E-state index >= 15 is 0 Å². The second-order valence-corrected chi connectivity index (χ2v) is 5.54. The molecular formula is C18H18N4O2. The molecule has 6 nitrogen and oxygen atoms in total. The highest BCUT2D eigenvalue weighted by Gasteiger charge is 2.18. The van der Waals surface area contributed by atoms with Gasteiger partial charge >= 0.3 is 0 Å². The normalized spacial score (nSPS) is 10.7. The third-order valence-electron chi connectivity index (χ3n) is 3.91. The first-order chi connectivity index (χ1) is 11.7. The number of furan rings is 1. The molecule has 0 bridgehead atoms. The molecule has 0 fully saturated rings. The first-order valence-electron chi connectivity index (χ1n) is 7.78. The number of hydrogen-bond acceptors (Lipinski definition) is 4. The van der Waals surface area contributed by atoms with Gasteiger partial charge in [0.15, 0.2) is 0 Å². The summed E-state index contributed by atoms with van der Waals surface area (Å²) < 4.78 is 7.23. The van der Waals surface area contributed by atoms with Crippen LogP contribution in [0.2, 0.25) is 0 Å². The maximum atomic E-state index is 12.8. The largest absolute Gasteiger partial charge is 0.467 e. The molecule has 0 atom stereocenters. The van der Waals surface area contributed by atoms with Crippen LogP contribution < -0.4 is 0 Å². The van der Waals surface area contributed by atoms with Gasteiger partial charge in [0.05, 0.1) is 36.3 Å². The fourth-order valence-corrected chi connectivity index (χ4v) is 2.70. The molecule has 1 aromatic carbocycles. The van der Waals surface area contributed by atoms with E-state index < -0.39 is 0 Å². The van der Waals surface area contributed by atoms with Crippen molar-refractivity contribution in [2.24, 2.45) is 0 Å². The summed E-state index contributed by atoms with van der Waals surface area (Å²) >= 11 is 0. The highest BCUT2D eigenvalue weighted by molar-refractivity contribution is 5.81. The smallest absolute Gasteiger partial charge is 0.243 e. The number of nitriles is 1. The van der Waals surface area contributed by atoms with Crippen molar-refractivity contribution >= 4 is 16.9 Å². The van der Waals surface area contributed by atoms with Crippen LogP contribution in [0.1, 0.15) is 18.0 Å². The molecule has 0 saturated heterocycles. The second-order valence-electron chi connectivity index (χ2n) is 5.54. The van der Waals surface area contributed by atoms with Crippen molar-refractivity contribution in [1.29, 1.82) is 5.26 Å². The summed E-state index contributed by atoms with van der Waals surface area (Å²) in [4.78, 5) is 18.9. The standard InChI is InChI=1S/C18H18N4O2/c1-14-20-16-7-2-3-8-17(16)22(14)13-18(23)21(10-5-9-19)12-15-6-4-11-24-15/h2-4,6-8,11H,5,10,12-13H2,1H3. The minimum absolute atomic E-state index is 0.0621. The van der Waals surface area contributed by atoms with Crippen LogP contribution in [0, 0.1) is 18.3 Å². The Labute approximate surface area is 139 Å². The number of para-hydroxylation sites is 2. The van der Waals surface area contributed by atoms with Crippen LogP contribution in [-0.4, -0.2) is 26.9 Å². The SMILES string of the molecule is Cc1nc2ccccc2n1CC(=O)N(CCC#N)Cc1ccco1. The fourth-order valence-electron chi connectivity index (χ4n) is 2.70. The monoisotopic (exact) mass is 322 g/mol. The molecule has 0 unspecified atom stereocenters. The van der Waals surface area contributed by atoms with Crippen LogP contribution in [0.5, 0.6) is 0 Å². The van der Waals surface area contributed by atoms with Crippen LogP contribution in [0.4, 0.5) is 0 Å². The quantitative estimate of drug-likeness (QED) is 0.699. The number of imidazole rings is 1. The molecule has 0 N–H and O–H groups in total. The molecule has 0 saturated carbocycles. The Bertz CT molecular complexity index is 874. The van der Waals surface area contributed by atoms with Gasteiger partial charge in [0, 0.05) is 6.54 Å². The lowest BCUT2D eigenvalue weighted by molar-refractivity contribution is -0.132. The van der Waals surface area contributed by atoms with Crippen molar-refractivity contribution in [3.8, 4) is 6.07 Å². The number of nitrogens with zero attached hydrogens (tertiary/aromatic N) is 4. The minimum Gasteiger partial charge on any atom is -0.467 e. The van der Waals surface area contributed by atoms with Crippen molar-refractivity contribution in [3.05, 3.63) is 54.2 Å². The van der Waals surface area contributed by atoms with Gasteiger partial charge in [-0.05, 0) is 31.2 Å². The lowest BCUT2D eigenvalue weighted by atomic mass is 10.3. The fraction of sp³-hybridized carbons (Fsp3) is 0.278. The molecular weight excluding hydrogens is 304 g/mol. The first-order valence-corrected chi connectivity index (χ1v) is 7.78. The van der Waals surface area contributed by atoms with E-state index in [1.54, 1.807) is 17.2 Å². The average molecular weight is 322 g/mol. The first kappa shape index (κ1) is 15.8. The number of carbonyl (C=O) groups excluding carboxylic acids is 1. The summed E-state index contributed by atoms with van der Waals surface area (Å²) in [6, 6.07) is 13.4. The molecule has 6 heteroatoms. The van der Waals surface area contributed by atoms with Gasteiger partial charge in [-0.2, -0.15) is 5.26 Å². The predicted octanol–water partition coefficient (Wildman–Crippen LogP) is 2.88. The number of benzene rings is 1. The minimum atomic E-state index is -0.0621. The van der Waals surface area contributed by atoms with Crippen molar-refractivity contribution < 1.29 is 9.21 Å². The molecule has 2 heterocycles. The van der Waals surface area contributed by atoms with E-state index in [0.717, 1.165) is 16.9 Å². The number of fused-ring (bicyclic) bond motifs is 1. The van der Waals surface area contributed by atoms with E-state index in [9.17, 15) is 4.79 Å². The number of hydrogen-bond donors (Lipinski definition) is 0. The summed E-state index contributed by atoms with van der Waals surface area (Å²) in [6.07, 6.45) is 1.87. The lowest BCUT2D eigenvalue weighted by Gasteiger charge is -2.21. The Morgan fingerprint density at radius 2 is 2.17 bits per heavy atom. The van der Waals surface area contributed by atoms with Crippen LogP contribution >= 0.6 is 0 Å². The maximum Gasteiger partial charge on any atom is 0.243 e. The third-order valence-corrected chi connectivity index (χ3v) is 3.91. The van der Waals surface area contributed by atoms with Crippen LogP contribution in [0.25, 0.3) is 11.0 Å². The zero-order valence-corrected chi connectivity index (χ0v) is 13.5. The number of amides is 1. The Hall–Kier alpha value is -3.07. The van der Waals surface area contributed by atoms with E-state index in [4.69, 9.17) is 9.68 Å². The summed E-state index contributed by atoms with van der Waals surface area (Å²) in [5.74, 6) is 1.43. The maximum absolute atomic E-state index is 12.8. The van der Waals surface area contributed by atoms with Gasteiger partial charge in [-0.15, -0.1) is 0 Å². The van der Waals surface area contributed by atoms with Crippen molar-refractivity contribution in [3.63, 3.8) is 0 Å². The highest BCUT2D eigenvalue weighted by Crippen LogP contribution is 2.16. The van der Waals surface area contributed by atoms with Crippen LogP contribution in [0.15, 0.2) is 47.1 Å². The van der Waals surface area contributed by atoms with Crippen molar-refractivity contribution in [2.45, 2.75) is 26.4 Å². The molecule has 0 spiro atoms. The molecule has 122 valence electrons. The predicted molar refractivity (Wildman–Crippen MR) is 88.8 cm³/mol.